The van der Waals surface area contributed by atoms with E-state index < -0.39 is 0 Å². The van der Waals surface area contributed by atoms with Gasteiger partial charge in [0.15, 0.2) is 0 Å². The Kier molecular flexibility index (Phi) is 3.87. The monoisotopic (exact) mass is 249 g/mol. The molecule has 0 spiro atoms. The fraction of sp³-hybridized carbons (Fsp3) is 0.500. The number of likely N-dealkylation sites (tertiary alicyclic amines) is 1. The summed E-state index contributed by atoms with van der Waals surface area (Å²) in [5, 5.41) is 9.26. The number of ether oxygens (including phenoxy) is 1. The Hall–Kier alpha value is -1.55. The second kappa shape index (κ2) is 5.40. The van der Waals surface area contributed by atoms with Crippen LogP contribution in [0.4, 0.5) is 0 Å². The highest BCUT2D eigenvalue weighted by molar-refractivity contribution is 5.95. The van der Waals surface area contributed by atoms with Crippen molar-refractivity contribution in [2.45, 2.75) is 25.8 Å². The van der Waals surface area contributed by atoms with E-state index in [1.807, 2.05) is 19.1 Å². The standard InChI is InChI=1S/C14H19NO3/c1-10-5-6-11(8-13(10)18-2)14(17)15-7-3-4-12(15)9-16/h5-6,8,12,16H,3-4,7,9H2,1-2H3/t12-/m0/s1. The molecular weight excluding hydrogens is 230 g/mol. The number of hydrogen-bond acceptors (Lipinski definition) is 3. The van der Waals surface area contributed by atoms with Crippen LogP contribution in [-0.2, 0) is 0 Å². The minimum Gasteiger partial charge on any atom is -0.496 e. The van der Waals surface area contributed by atoms with E-state index in [0.29, 0.717) is 5.56 Å². The molecule has 1 aliphatic heterocycles. The quantitative estimate of drug-likeness (QED) is 0.885. The molecule has 1 saturated heterocycles. The van der Waals surface area contributed by atoms with Crippen LogP contribution in [0.1, 0.15) is 28.8 Å². The highest BCUT2D eigenvalue weighted by Gasteiger charge is 2.28. The lowest BCUT2D eigenvalue weighted by molar-refractivity contribution is 0.0677. The summed E-state index contributed by atoms with van der Waals surface area (Å²) < 4.78 is 5.23. The van der Waals surface area contributed by atoms with E-state index in [1.165, 1.54) is 0 Å². The molecule has 98 valence electrons. The molecule has 1 aliphatic rings. The first-order chi connectivity index (χ1) is 8.67. The number of aryl methyl sites for hydroxylation is 1. The second-order valence-corrected chi connectivity index (χ2v) is 4.66. The number of hydrogen-bond donors (Lipinski definition) is 1. The number of aliphatic hydroxyl groups is 1. The largest absolute Gasteiger partial charge is 0.496 e. The zero-order chi connectivity index (χ0) is 13.1. The van der Waals surface area contributed by atoms with Crippen LogP contribution in [0.3, 0.4) is 0 Å². The molecule has 0 saturated carbocycles. The lowest BCUT2D eigenvalue weighted by Gasteiger charge is -2.23. The van der Waals surface area contributed by atoms with Crippen molar-refractivity contribution in [3.63, 3.8) is 0 Å². The van der Waals surface area contributed by atoms with Gasteiger partial charge in [-0.05, 0) is 37.5 Å². The van der Waals surface area contributed by atoms with Gasteiger partial charge in [-0.3, -0.25) is 4.79 Å². The summed E-state index contributed by atoms with van der Waals surface area (Å²) in [6.45, 7) is 2.70. The molecule has 1 aromatic rings. The molecule has 18 heavy (non-hydrogen) atoms. The van der Waals surface area contributed by atoms with E-state index in [4.69, 9.17) is 4.74 Å². The van der Waals surface area contributed by atoms with Crippen molar-refractivity contribution < 1.29 is 14.6 Å². The van der Waals surface area contributed by atoms with Gasteiger partial charge in [0, 0.05) is 12.1 Å². The molecule has 2 rings (SSSR count). The van der Waals surface area contributed by atoms with Gasteiger partial charge in [0.2, 0.25) is 0 Å². The van der Waals surface area contributed by atoms with Gasteiger partial charge in [-0.15, -0.1) is 0 Å². The fourth-order valence-electron chi connectivity index (χ4n) is 2.41. The summed E-state index contributed by atoms with van der Waals surface area (Å²) in [5.41, 5.74) is 1.63. The molecule has 0 aromatic heterocycles. The van der Waals surface area contributed by atoms with Crippen LogP contribution in [0.5, 0.6) is 5.75 Å². The molecule has 1 amide bonds. The predicted molar refractivity (Wildman–Crippen MR) is 68.9 cm³/mol. The van der Waals surface area contributed by atoms with Gasteiger partial charge in [0.1, 0.15) is 5.75 Å². The molecule has 1 aromatic carbocycles. The smallest absolute Gasteiger partial charge is 0.254 e. The van der Waals surface area contributed by atoms with Crippen LogP contribution >= 0.6 is 0 Å². The number of nitrogens with zero attached hydrogens (tertiary/aromatic N) is 1. The van der Waals surface area contributed by atoms with Crippen LogP contribution in [0, 0.1) is 6.92 Å². The van der Waals surface area contributed by atoms with Crippen LogP contribution in [-0.4, -0.2) is 42.2 Å². The Morgan fingerprint density at radius 2 is 2.33 bits per heavy atom. The Balaban J connectivity index is 2.23. The predicted octanol–water partition coefficient (Wildman–Crippen LogP) is 1.60. The summed E-state index contributed by atoms with van der Waals surface area (Å²) in [7, 11) is 1.60. The van der Waals surface area contributed by atoms with Gasteiger partial charge in [0.25, 0.3) is 5.91 Å². The fourth-order valence-corrected chi connectivity index (χ4v) is 2.41. The highest BCUT2D eigenvalue weighted by Crippen LogP contribution is 2.23. The first-order valence-corrected chi connectivity index (χ1v) is 6.24. The molecule has 0 radical (unpaired) electrons. The van der Waals surface area contributed by atoms with Crippen LogP contribution in [0.25, 0.3) is 0 Å². The first kappa shape index (κ1) is 12.9. The Labute approximate surface area is 107 Å². The summed E-state index contributed by atoms with van der Waals surface area (Å²) in [4.78, 5) is 14.1. The van der Waals surface area contributed by atoms with E-state index in [0.717, 1.165) is 30.7 Å². The molecule has 1 fully saturated rings. The van der Waals surface area contributed by atoms with Gasteiger partial charge < -0.3 is 14.7 Å². The Morgan fingerprint density at radius 3 is 3.00 bits per heavy atom. The summed E-state index contributed by atoms with van der Waals surface area (Å²) >= 11 is 0. The third-order valence-corrected chi connectivity index (χ3v) is 3.50. The van der Waals surface area contributed by atoms with E-state index in [2.05, 4.69) is 0 Å². The number of carbonyl (C=O) groups is 1. The van der Waals surface area contributed by atoms with Gasteiger partial charge in [0.05, 0.1) is 19.8 Å². The lowest BCUT2D eigenvalue weighted by atomic mass is 10.1. The van der Waals surface area contributed by atoms with E-state index in [9.17, 15) is 9.90 Å². The number of carbonyl (C=O) groups excluding carboxylic acids is 1. The first-order valence-electron chi connectivity index (χ1n) is 6.24. The molecular formula is C14H19NO3. The molecule has 0 bridgehead atoms. The van der Waals surface area contributed by atoms with Crippen molar-refractivity contribution in [1.82, 2.24) is 4.90 Å². The van der Waals surface area contributed by atoms with Crippen molar-refractivity contribution in [1.29, 1.82) is 0 Å². The Morgan fingerprint density at radius 1 is 1.56 bits per heavy atom. The van der Waals surface area contributed by atoms with Crippen molar-refractivity contribution in [2.24, 2.45) is 0 Å². The van der Waals surface area contributed by atoms with Crippen LogP contribution in [0.2, 0.25) is 0 Å². The number of rotatable bonds is 3. The SMILES string of the molecule is COc1cc(C(=O)N2CCC[C@H]2CO)ccc1C. The van der Waals surface area contributed by atoms with Crippen LogP contribution in [0.15, 0.2) is 18.2 Å². The Bertz CT molecular complexity index is 445. The normalized spacial score (nSPS) is 19.1. The summed E-state index contributed by atoms with van der Waals surface area (Å²) in [6.07, 6.45) is 1.84. The number of methoxy groups -OCH3 is 1. The molecule has 4 nitrogen and oxygen atoms in total. The van der Waals surface area contributed by atoms with Crippen molar-refractivity contribution in [3.05, 3.63) is 29.3 Å². The van der Waals surface area contributed by atoms with Gasteiger partial charge >= 0.3 is 0 Å². The van der Waals surface area contributed by atoms with Gasteiger partial charge in [-0.25, -0.2) is 0 Å². The average molecular weight is 249 g/mol. The molecule has 4 heteroatoms. The maximum absolute atomic E-state index is 12.4. The molecule has 1 N–H and O–H groups in total. The van der Waals surface area contributed by atoms with E-state index in [1.54, 1.807) is 18.1 Å². The summed E-state index contributed by atoms with van der Waals surface area (Å²) in [5.74, 6) is 0.699. The molecule has 1 atom stereocenters. The number of benzene rings is 1. The topological polar surface area (TPSA) is 49.8 Å². The minimum atomic E-state index is -0.0372. The zero-order valence-corrected chi connectivity index (χ0v) is 10.8. The average Bonchev–Trinajstić information content (AvgIpc) is 2.86. The third-order valence-electron chi connectivity index (χ3n) is 3.50. The minimum absolute atomic E-state index is 0.0233. The number of aliphatic hydroxyl groups excluding tert-OH is 1. The van der Waals surface area contributed by atoms with Gasteiger partial charge in [-0.2, -0.15) is 0 Å². The third kappa shape index (κ3) is 2.34. The summed E-state index contributed by atoms with van der Waals surface area (Å²) in [6, 6.07) is 5.43. The number of amides is 1. The lowest BCUT2D eigenvalue weighted by Crippen LogP contribution is -2.37. The van der Waals surface area contributed by atoms with Crippen LogP contribution < -0.4 is 4.74 Å². The highest BCUT2D eigenvalue weighted by atomic mass is 16.5. The molecule has 0 aliphatic carbocycles. The van der Waals surface area contributed by atoms with Crippen molar-refractivity contribution >= 4 is 5.91 Å². The second-order valence-electron chi connectivity index (χ2n) is 4.66. The maximum Gasteiger partial charge on any atom is 0.254 e. The van der Waals surface area contributed by atoms with Gasteiger partial charge in [-0.1, -0.05) is 6.07 Å². The molecule has 1 heterocycles. The van der Waals surface area contributed by atoms with Crippen molar-refractivity contribution in [2.75, 3.05) is 20.3 Å². The maximum atomic E-state index is 12.4. The van der Waals surface area contributed by atoms with E-state index in [-0.39, 0.29) is 18.6 Å². The molecule has 0 unspecified atom stereocenters. The van der Waals surface area contributed by atoms with Crippen molar-refractivity contribution in [3.8, 4) is 5.75 Å². The zero-order valence-electron chi connectivity index (χ0n) is 10.8. The van der Waals surface area contributed by atoms with E-state index >= 15 is 0 Å².